The summed E-state index contributed by atoms with van der Waals surface area (Å²) in [5, 5.41) is 8.45. The first-order valence-corrected chi connectivity index (χ1v) is 6.39. The average Bonchev–Trinajstić information content (AvgIpc) is 2.94. The predicted molar refractivity (Wildman–Crippen MR) is 72.8 cm³/mol. The molecule has 2 heterocycles. The van der Waals surface area contributed by atoms with Crippen molar-refractivity contribution in [2.24, 2.45) is 0 Å². The number of hydrogen-bond donors (Lipinski definition) is 0. The van der Waals surface area contributed by atoms with Crippen LogP contribution in [0.4, 0.5) is 0 Å². The van der Waals surface area contributed by atoms with E-state index >= 15 is 0 Å². The van der Waals surface area contributed by atoms with Gasteiger partial charge >= 0.3 is 0 Å². The van der Waals surface area contributed by atoms with Gasteiger partial charge in [-0.2, -0.15) is 10.1 Å². The van der Waals surface area contributed by atoms with Crippen LogP contribution < -0.4 is 0 Å². The number of nitrogens with zero attached hydrogens (tertiary/aromatic N) is 5. The fourth-order valence-corrected chi connectivity index (χ4v) is 1.53. The van der Waals surface area contributed by atoms with Crippen molar-refractivity contribution in [3.63, 3.8) is 0 Å². The van der Waals surface area contributed by atoms with Gasteiger partial charge in [-0.1, -0.05) is 25.9 Å². The maximum absolute atomic E-state index is 5.27. The van der Waals surface area contributed by atoms with E-state index in [0.29, 0.717) is 11.7 Å². The number of likely N-dealkylation sites (N-methyl/N-ethyl adjacent to an activating group) is 1. The summed E-state index contributed by atoms with van der Waals surface area (Å²) < 4.78 is 7.15. The molecule has 0 aliphatic rings. The maximum Gasteiger partial charge on any atom is 0.278 e. The lowest BCUT2D eigenvalue weighted by molar-refractivity contribution is 0.372. The lowest BCUT2D eigenvalue weighted by atomic mass is 9.96. The third kappa shape index (κ3) is 3.41. The normalized spacial score (nSPS) is 12.3. The van der Waals surface area contributed by atoms with Gasteiger partial charge in [-0.05, 0) is 20.2 Å². The van der Waals surface area contributed by atoms with Gasteiger partial charge in [0.05, 0.1) is 6.54 Å². The fourth-order valence-electron chi connectivity index (χ4n) is 1.53. The molecule has 2 aromatic heterocycles. The molecule has 0 saturated heterocycles. The summed E-state index contributed by atoms with van der Waals surface area (Å²) in [6.45, 7) is 7.94. The van der Waals surface area contributed by atoms with E-state index in [2.05, 4.69) is 40.9 Å². The molecule has 6 nitrogen and oxygen atoms in total. The summed E-state index contributed by atoms with van der Waals surface area (Å²) in [7, 11) is 4.08. The van der Waals surface area contributed by atoms with Gasteiger partial charge in [0.2, 0.25) is 0 Å². The van der Waals surface area contributed by atoms with Gasteiger partial charge in [0.15, 0.2) is 11.5 Å². The summed E-state index contributed by atoms with van der Waals surface area (Å²) in [5.41, 5.74) is 0.608. The van der Waals surface area contributed by atoms with E-state index in [-0.39, 0.29) is 5.41 Å². The summed E-state index contributed by atoms with van der Waals surface area (Å²) in [5.74, 6) is 1.18. The van der Waals surface area contributed by atoms with E-state index < -0.39 is 0 Å². The minimum Gasteiger partial charge on any atom is -0.332 e. The van der Waals surface area contributed by atoms with E-state index in [1.165, 1.54) is 0 Å². The Morgan fingerprint density at radius 3 is 2.63 bits per heavy atom. The molecule has 0 saturated carbocycles. The molecule has 0 N–H and O–H groups in total. The molecule has 0 atom stereocenters. The van der Waals surface area contributed by atoms with Crippen molar-refractivity contribution in [2.75, 3.05) is 20.6 Å². The minimum absolute atomic E-state index is 0.116. The third-order valence-electron chi connectivity index (χ3n) is 2.73. The standard InChI is InChI=1S/C13H21N5O/c1-13(2,3)12-14-11(19-16-12)10-6-7-18(15-10)9-8-17(4)5/h6-7H,8-9H2,1-5H3. The van der Waals surface area contributed by atoms with Crippen LogP contribution in [-0.4, -0.2) is 45.5 Å². The smallest absolute Gasteiger partial charge is 0.278 e. The zero-order chi connectivity index (χ0) is 14.0. The Balaban J connectivity index is 2.12. The van der Waals surface area contributed by atoms with Crippen LogP contribution in [0.25, 0.3) is 11.6 Å². The van der Waals surface area contributed by atoms with Crippen molar-refractivity contribution in [1.82, 2.24) is 24.8 Å². The Kier molecular flexibility index (Phi) is 3.71. The second-order valence-electron chi connectivity index (χ2n) is 5.94. The lowest BCUT2D eigenvalue weighted by Crippen LogP contribution is -2.18. The van der Waals surface area contributed by atoms with E-state index in [9.17, 15) is 0 Å². The van der Waals surface area contributed by atoms with E-state index in [4.69, 9.17) is 4.52 Å². The maximum atomic E-state index is 5.27. The van der Waals surface area contributed by atoms with Crippen LogP contribution in [0.3, 0.4) is 0 Å². The first-order valence-electron chi connectivity index (χ1n) is 6.39. The molecule has 0 aromatic carbocycles. The van der Waals surface area contributed by atoms with Gasteiger partial charge < -0.3 is 9.42 Å². The first kappa shape index (κ1) is 13.7. The van der Waals surface area contributed by atoms with E-state index in [1.54, 1.807) is 0 Å². The highest BCUT2D eigenvalue weighted by Crippen LogP contribution is 2.22. The van der Waals surface area contributed by atoms with Crippen LogP contribution >= 0.6 is 0 Å². The molecule has 19 heavy (non-hydrogen) atoms. The molecule has 0 fully saturated rings. The summed E-state index contributed by atoms with van der Waals surface area (Å²) in [6, 6.07) is 1.90. The molecular formula is C13H21N5O. The Morgan fingerprint density at radius 2 is 2.05 bits per heavy atom. The molecule has 2 aromatic rings. The van der Waals surface area contributed by atoms with Crippen molar-refractivity contribution in [3.8, 4) is 11.6 Å². The van der Waals surface area contributed by atoms with Crippen molar-refractivity contribution in [1.29, 1.82) is 0 Å². The Hall–Kier alpha value is -1.69. The van der Waals surface area contributed by atoms with Crippen LogP contribution in [0.15, 0.2) is 16.8 Å². The first-order chi connectivity index (χ1) is 8.86. The van der Waals surface area contributed by atoms with Crippen molar-refractivity contribution in [3.05, 3.63) is 18.1 Å². The van der Waals surface area contributed by atoms with Gasteiger partial charge in [0, 0.05) is 18.2 Å². The molecule has 0 amide bonds. The molecule has 0 aliphatic heterocycles. The second kappa shape index (κ2) is 5.13. The summed E-state index contributed by atoms with van der Waals surface area (Å²) in [4.78, 5) is 6.51. The SMILES string of the molecule is CN(C)CCn1ccc(-c2nc(C(C)(C)C)no2)n1. The summed E-state index contributed by atoms with van der Waals surface area (Å²) in [6.07, 6.45) is 1.93. The largest absolute Gasteiger partial charge is 0.332 e. The van der Waals surface area contributed by atoms with Crippen molar-refractivity contribution >= 4 is 0 Å². The molecule has 0 spiro atoms. The van der Waals surface area contributed by atoms with E-state index in [1.807, 2.05) is 31.0 Å². The Morgan fingerprint density at radius 1 is 1.32 bits per heavy atom. The number of aromatic nitrogens is 4. The highest BCUT2D eigenvalue weighted by atomic mass is 16.5. The predicted octanol–water partition coefficient (Wildman–Crippen LogP) is 1.79. The highest BCUT2D eigenvalue weighted by Gasteiger charge is 2.22. The van der Waals surface area contributed by atoms with Crippen molar-refractivity contribution in [2.45, 2.75) is 32.7 Å². The minimum atomic E-state index is -0.116. The topological polar surface area (TPSA) is 60.0 Å². The second-order valence-corrected chi connectivity index (χ2v) is 5.94. The third-order valence-corrected chi connectivity index (χ3v) is 2.73. The molecule has 0 aliphatic carbocycles. The highest BCUT2D eigenvalue weighted by molar-refractivity contribution is 5.45. The van der Waals surface area contributed by atoms with E-state index in [0.717, 1.165) is 18.8 Å². The number of hydrogen-bond acceptors (Lipinski definition) is 5. The van der Waals surface area contributed by atoms with Crippen LogP contribution in [0, 0.1) is 0 Å². The monoisotopic (exact) mass is 263 g/mol. The molecule has 6 heteroatoms. The average molecular weight is 263 g/mol. The zero-order valence-corrected chi connectivity index (χ0v) is 12.2. The fraction of sp³-hybridized carbons (Fsp3) is 0.615. The van der Waals surface area contributed by atoms with Gasteiger partial charge in [-0.15, -0.1) is 0 Å². The van der Waals surface area contributed by atoms with Crippen LogP contribution in [0.2, 0.25) is 0 Å². The van der Waals surface area contributed by atoms with Gasteiger partial charge in [0.25, 0.3) is 5.89 Å². The number of rotatable bonds is 4. The Bertz CT molecular complexity index is 535. The van der Waals surface area contributed by atoms with Crippen LogP contribution in [0.1, 0.15) is 26.6 Å². The van der Waals surface area contributed by atoms with Gasteiger partial charge in [-0.3, -0.25) is 4.68 Å². The van der Waals surface area contributed by atoms with Crippen LogP contribution in [0.5, 0.6) is 0 Å². The quantitative estimate of drug-likeness (QED) is 0.841. The van der Waals surface area contributed by atoms with Gasteiger partial charge in [-0.25, -0.2) is 0 Å². The Labute approximate surface area is 113 Å². The molecule has 0 unspecified atom stereocenters. The molecule has 2 rings (SSSR count). The molecular weight excluding hydrogens is 242 g/mol. The lowest BCUT2D eigenvalue weighted by Gasteiger charge is -2.10. The molecule has 0 radical (unpaired) electrons. The zero-order valence-electron chi connectivity index (χ0n) is 12.2. The summed E-state index contributed by atoms with van der Waals surface area (Å²) >= 11 is 0. The van der Waals surface area contributed by atoms with Crippen LogP contribution in [-0.2, 0) is 12.0 Å². The van der Waals surface area contributed by atoms with Gasteiger partial charge in [0.1, 0.15) is 0 Å². The van der Waals surface area contributed by atoms with Crippen molar-refractivity contribution < 1.29 is 4.52 Å². The molecule has 104 valence electrons. The molecule has 0 bridgehead atoms.